The average Bonchev–Trinajstić information content (AvgIpc) is 2.73. The second kappa shape index (κ2) is 13.0. The number of hydrogen-bond donors (Lipinski definition) is 3. The van der Waals surface area contributed by atoms with Crippen molar-refractivity contribution in [1.82, 2.24) is 16.0 Å². The molecular formula is C22H32IN5O. The first-order valence-corrected chi connectivity index (χ1v) is 9.64. The van der Waals surface area contributed by atoms with Gasteiger partial charge in [-0.2, -0.15) is 0 Å². The minimum Gasteiger partial charge on any atom is -0.370 e. The van der Waals surface area contributed by atoms with Crippen molar-refractivity contribution >= 4 is 41.5 Å². The fourth-order valence-corrected chi connectivity index (χ4v) is 2.98. The maximum Gasteiger partial charge on any atom is 0.251 e. The molecule has 0 bridgehead atoms. The highest BCUT2D eigenvalue weighted by atomic mass is 127. The van der Waals surface area contributed by atoms with E-state index in [0.717, 1.165) is 31.2 Å². The molecule has 0 heterocycles. The summed E-state index contributed by atoms with van der Waals surface area (Å²) < 4.78 is 0. The Balaban J connectivity index is 0.00000420. The Morgan fingerprint density at radius 3 is 2.52 bits per heavy atom. The van der Waals surface area contributed by atoms with E-state index < -0.39 is 0 Å². The number of hydrogen-bond acceptors (Lipinski definition) is 3. The van der Waals surface area contributed by atoms with E-state index in [1.807, 2.05) is 18.2 Å². The molecule has 0 saturated heterocycles. The summed E-state index contributed by atoms with van der Waals surface area (Å²) in [6.07, 6.45) is 0. The predicted octanol–water partition coefficient (Wildman–Crippen LogP) is 3.16. The molecule has 0 aliphatic heterocycles. The van der Waals surface area contributed by atoms with Gasteiger partial charge >= 0.3 is 0 Å². The van der Waals surface area contributed by atoms with Crippen LogP contribution >= 0.6 is 24.0 Å². The third-order valence-electron chi connectivity index (χ3n) is 4.52. The summed E-state index contributed by atoms with van der Waals surface area (Å²) in [5.74, 6) is 0.658. The highest BCUT2D eigenvalue weighted by Gasteiger charge is 2.06. The molecule has 29 heavy (non-hydrogen) atoms. The molecule has 2 aromatic carbocycles. The molecule has 0 atom stereocenters. The molecule has 0 spiro atoms. The summed E-state index contributed by atoms with van der Waals surface area (Å²) in [7, 11) is 3.39. The number of aryl methyl sites for hydroxylation is 1. The predicted molar refractivity (Wildman–Crippen MR) is 133 cm³/mol. The number of aliphatic imine (C=N–C) groups is 1. The molecule has 158 valence electrons. The summed E-state index contributed by atoms with van der Waals surface area (Å²) >= 11 is 0. The van der Waals surface area contributed by atoms with Gasteiger partial charge in [-0.05, 0) is 49.2 Å². The van der Waals surface area contributed by atoms with Gasteiger partial charge in [-0.1, -0.05) is 24.3 Å². The number of halogens is 1. The van der Waals surface area contributed by atoms with Crippen LogP contribution in [0, 0.1) is 6.92 Å². The highest BCUT2D eigenvalue weighted by Crippen LogP contribution is 2.14. The quantitative estimate of drug-likeness (QED) is 0.291. The number of guanidine groups is 1. The molecule has 1 amide bonds. The average molecular weight is 509 g/mol. The Labute approximate surface area is 191 Å². The third-order valence-corrected chi connectivity index (χ3v) is 4.52. The van der Waals surface area contributed by atoms with E-state index in [1.54, 1.807) is 20.2 Å². The van der Waals surface area contributed by atoms with Crippen molar-refractivity contribution in [1.29, 1.82) is 0 Å². The number of nitrogens with zero attached hydrogens (tertiary/aromatic N) is 2. The second-order valence-electron chi connectivity index (χ2n) is 6.55. The molecule has 7 heteroatoms. The molecule has 0 aliphatic carbocycles. The van der Waals surface area contributed by atoms with Crippen LogP contribution in [0.5, 0.6) is 0 Å². The van der Waals surface area contributed by atoms with Crippen LogP contribution in [0.25, 0.3) is 0 Å². The van der Waals surface area contributed by atoms with Crippen LogP contribution in [0.4, 0.5) is 5.69 Å². The SMILES string of the molecule is CCN(CCNC(=NC)NCc1cccc(C(=O)NC)c1)c1cccc(C)c1.I. The molecule has 0 unspecified atom stereocenters. The molecule has 0 fully saturated rings. The zero-order valence-electron chi connectivity index (χ0n) is 17.7. The summed E-state index contributed by atoms with van der Waals surface area (Å²) in [5, 5.41) is 9.30. The van der Waals surface area contributed by atoms with E-state index in [-0.39, 0.29) is 29.9 Å². The monoisotopic (exact) mass is 509 g/mol. The van der Waals surface area contributed by atoms with Gasteiger partial charge in [-0.15, -0.1) is 24.0 Å². The number of carbonyl (C=O) groups is 1. The van der Waals surface area contributed by atoms with Gasteiger partial charge in [0.05, 0.1) is 0 Å². The van der Waals surface area contributed by atoms with Gasteiger partial charge in [0, 0.05) is 51.5 Å². The van der Waals surface area contributed by atoms with Gasteiger partial charge in [0.15, 0.2) is 5.96 Å². The van der Waals surface area contributed by atoms with Crippen molar-refractivity contribution in [2.24, 2.45) is 4.99 Å². The fraction of sp³-hybridized carbons (Fsp3) is 0.364. The maximum absolute atomic E-state index is 11.8. The Morgan fingerprint density at radius 1 is 1.10 bits per heavy atom. The van der Waals surface area contributed by atoms with Crippen LogP contribution in [0.2, 0.25) is 0 Å². The number of likely N-dealkylation sites (N-methyl/N-ethyl adjacent to an activating group) is 1. The van der Waals surface area contributed by atoms with Crippen LogP contribution < -0.4 is 20.9 Å². The normalized spacial score (nSPS) is 10.7. The number of carbonyl (C=O) groups excluding carboxylic acids is 1. The van der Waals surface area contributed by atoms with Gasteiger partial charge in [-0.25, -0.2) is 0 Å². The first-order valence-electron chi connectivity index (χ1n) is 9.64. The lowest BCUT2D eigenvalue weighted by Crippen LogP contribution is -2.41. The molecule has 2 aromatic rings. The molecular weight excluding hydrogens is 477 g/mol. The zero-order valence-corrected chi connectivity index (χ0v) is 20.0. The van der Waals surface area contributed by atoms with Crippen molar-refractivity contribution in [3.8, 4) is 0 Å². The van der Waals surface area contributed by atoms with Crippen molar-refractivity contribution < 1.29 is 4.79 Å². The van der Waals surface area contributed by atoms with E-state index in [9.17, 15) is 4.79 Å². The van der Waals surface area contributed by atoms with E-state index >= 15 is 0 Å². The number of anilines is 1. The number of rotatable bonds is 8. The van der Waals surface area contributed by atoms with Gasteiger partial charge in [0.2, 0.25) is 0 Å². The Bertz CT molecular complexity index is 809. The van der Waals surface area contributed by atoms with E-state index in [1.165, 1.54) is 11.3 Å². The summed E-state index contributed by atoms with van der Waals surface area (Å²) in [6, 6.07) is 16.1. The lowest BCUT2D eigenvalue weighted by atomic mass is 10.1. The Kier molecular flexibility index (Phi) is 11.1. The van der Waals surface area contributed by atoms with Crippen LogP contribution in [0.15, 0.2) is 53.5 Å². The first-order chi connectivity index (χ1) is 13.6. The first kappa shape index (κ1) is 24.7. The molecule has 0 saturated carbocycles. The van der Waals surface area contributed by atoms with Gasteiger partial charge < -0.3 is 20.9 Å². The summed E-state index contributed by atoms with van der Waals surface area (Å²) in [6.45, 7) is 7.48. The fourth-order valence-electron chi connectivity index (χ4n) is 2.98. The Hall–Kier alpha value is -2.29. The summed E-state index contributed by atoms with van der Waals surface area (Å²) in [5.41, 5.74) is 4.18. The topological polar surface area (TPSA) is 68.8 Å². The van der Waals surface area contributed by atoms with Crippen LogP contribution in [0.1, 0.15) is 28.4 Å². The largest absolute Gasteiger partial charge is 0.370 e. The third kappa shape index (κ3) is 7.92. The van der Waals surface area contributed by atoms with Crippen LogP contribution in [-0.2, 0) is 6.54 Å². The van der Waals surface area contributed by atoms with Gasteiger partial charge in [-0.3, -0.25) is 9.79 Å². The second-order valence-corrected chi connectivity index (χ2v) is 6.55. The molecule has 0 radical (unpaired) electrons. The standard InChI is InChI=1S/C22H31N5O.HI/c1-5-27(20-11-6-8-17(2)14-20)13-12-25-22(24-4)26-16-18-9-7-10-19(15-18)21(28)23-3;/h6-11,14-15H,5,12-13,16H2,1-4H3,(H,23,28)(H2,24,25,26);1H. The van der Waals surface area contributed by atoms with Crippen molar-refractivity contribution in [3.63, 3.8) is 0 Å². The lowest BCUT2D eigenvalue weighted by molar-refractivity contribution is 0.0963. The minimum atomic E-state index is -0.0832. The van der Waals surface area contributed by atoms with Crippen molar-refractivity contribution in [3.05, 3.63) is 65.2 Å². The van der Waals surface area contributed by atoms with Crippen LogP contribution in [0.3, 0.4) is 0 Å². The van der Waals surface area contributed by atoms with Gasteiger partial charge in [0.1, 0.15) is 0 Å². The number of benzene rings is 2. The maximum atomic E-state index is 11.8. The number of amides is 1. The van der Waals surface area contributed by atoms with E-state index in [2.05, 4.69) is 64.0 Å². The molecule has 0 aromatic heterocycles. The molecule has 2 rings (SSSR count). The lowest BCUT2D eigenvalue weighted by Gasteiger charge is -2.24. The van der Waals surface area contributed by atoms with E-state index in [0.29, 0.717) is 12.1 Å². The smallest absolute Gasteiger partial charge is 0.251 e. The van der Waals surface area contributed by atoms with Gasteiger partial charge in [0.25, 0.3) is 5.91 Å². The minimum absolute atomic E-state index is 0. The summed E-state index contributed by atoms with van der Waals surface area (Å²) in [4.78, 5) is 18.4. The van der Waals surface area contributed by atoms with Crippen molar-refractivity contribution in [2.75, 3.05) is 38.6 Å². The van der Waals surface area contributed by atoms with E-state index in [4.69, 9.17) is 0 Å². The molecule has 3 N–H and O–H groups in total. The molecule has 6 nitrogen and oxygen atoms in total. The number of nitrogens with one attached hydrogen (secondary N) is 3. The molecule has 0 aliphatic rings. The zero-order chi connectivity index (χ0) is 20.4. The van der Waals surface area contributed by atoms with Crippen molar-refractivity contribution in [2.45, 2.75) is 20.4 Å². The highest BCUT2D eigenvalue weighted by molar-refractivity contribution is 14.0. The van der Waals surface area contributed by atoms with Crippen LogP contribution in [-0.4, -0.2) is 45.6 Å². The Morgan fingerprint density at radius 2 is 1.86 bits per heavy atom.